The van der Waals surface area contributed by atoms with Crippen molar-refractivity contribution in [3.05, 3.63) is 48.0 Å². The number of rotatable bonds is 2. The molecule has 1 amide bonds. The predicted octanol–water partition coefficient (Wildman–Crippen LogP) is 4.76. The van der Waals surface area contributed by atoms with Crippen LogP contribution in [0.2, 0.25) is 0 Å². The molecule has 29 heavy (non-hydrogen) atoms. The average Bonchev–Trinajstić information content (AvgIpc) is 3.28. The van der Waals surface area contributed by atoms with Gasteiger partial charge in [-0.2, -0.15) is 0 Å². The Morgan fingerprint density at radius 1 is 1.03 bits per heavy atom. The quantitative estimate of drug-likeness (QED) is 0.588. The van der Waals surface area contributed by atoms with Gasteiger partial charge in [-0.05, 0) is 45.4 Å². The maximum Gasteiger partial charge on any atom is 0.410 e. The van der Waals surface area contributed by atoms with E-state index in [-0.39, 0.29) is 18.1 Å². The molecule has 1 atom stereocenters. The van der Waals surface area contributed by atoms with Gasteiger partial charge in [0.1, 0.15) is 5.60 Å². The third-order valence-electron chi connectivity index (χ3n) is 5.31. The van der Waals surface area contributed by atoms with E-state index in [1.807, 2.05) is 45.0 Å². The molecule has 0 radical (unpaired) electrons. The van der Waals surface area contributed by atoms with Crippen molar-refractivity contribution in [1.29, 1.82) is 0 Å². The Morgan fingerprint density at radius 3 is 2.48 bits per heavy atom. The zero-order valence-corrected chi connectivity index (χ0v) is 17.3. The first-order valence-corrected chi connectivity index (χ1v) is 9.87. The number of methoxy groups -OCH3 is 1. The van der Waals surface area contributed by atoms with Gasteiger partial charge >= 0.3 is 12.1 Å². The van der Waals surface area contributed by atoms with Crippen LogP contribution in [0.25, 0.3) is 21.8 Å². The largest absolute Gasteiger partial charge is 0.465 e. The number of amides is 1. The average molecular weight is 394 g/mol. The second kappa shape index (κ2) is 7.10. The van der Waals surface area contributed by atoms with E-state index in [1.54, 1.807) is 11.0 Å². The van der Waals surface area contributed by atoms with Gasteiger partial charge in [-0.3, -0.25) is 0 Å². The molecule has 0 N–H and O–H groups in total. The zero-order chi connectivity index (χ0) is 20.8. The molecule has 0 unspecified atom stereocenters. The lowest BCUT2D eigenvalue weighted by Crippen LogP contribution is -2.35. The Labute approximate surface area is 170 Å². The highest BCUT2D eigenvalue weighted by molar-refractivity contribution is 6.09. The molecule has 6 heteroatoms. The lowest BCUT2D eigenvalue weighted by Gasteiger charge is -2.24. The highest BCUT2D eigenvalue weighted by Gasteiger charge is 2.32. The second-order valence-electron chi connectivity index (χ2n) is 8.48. The van der Waals surface area contributed by atoms with Crippen LogP contribution in [-0.4, -0.2) is 47.3 Å². The van der Waals surface area contributed by atoms with Gasteiger partial charge in [0.05, 0.1) is 24.2 Å². The molecule has 152 valence electrons. The van der Waals surface area contributed by atoms with E-state index >= 15 is 0 Å². The first kappa shape index (κ1) is 19.3. The van der Waals surface area contributed by atoms with Crippen LogP contribution >= 0.6 is 0 Å². The Bertz CT molecular complexity index is 1090. The summed E-state index contributed by atoms with van der Waals surface area (Å²) >= 11 is 0. The number of nitrogens with zero attached hydrogens (tertiary/aromatic N) is 2. The molecule has 1 aliphatic heterocycles. The molecule has 4 rings (SSSR count). The maximum absolute atomic E-state index is 12.5. The molecule has 2 heterocycles. The van der Waals surface area contributed by atoms with E-state index in [4.69, 9.17) is 9.47 Å². The van der Waals surface area contributed by atoms with Crippen LogP contribution in [0.1, 0.15) is 43.6 Å². The van der Waals surface area contributed by atoms with Gasteiger partial charge < -0.3 is 18.9 Å². The number of carbonyl (C=O) groups is 2. The van der Waals surface area contributed by atoms with Crippen molar-refractivity contribution in [3.63, 3.8) is 0 Å². The molecule has 6 nitrogen and oxygen atoms in total. The van der Waals surface area contributed by atoms with E-state index in [1.165, 1.54) is 7.11 Å². The first-order chi connectivity index (χ1) is 13.8. The minimum atomic E-state index is -0.516. The number of aromatic nitrogens is 1. The number of likely N-dealkylation sites (tertiary alicyclic amines) is 1. The van der Waals surface area contributed by atoms with Crippen LogP contribution in [0, 0.1) is 0 Å². The van der Waals surface area contributed by atoms with Crippen LogP contribution in [0.4, 0.5) is 4.79 Å². The summed E-state index contributed by atoms with van der Waals surface area (Å²) in [6.07, 6.45) is 0.547. The van der Waals surface area contributed by atoms with Gasteiger partial charge in [0.15, 0.2) is 0 Å². The van der Waals surface area contributed by atoms with Crippen LogP contribution in [0.15, 0.2) is 42.5 Å². The molecule has 2 aromatic carbocycles. The van der Waals surface area contributed by atoms with Crippen LogP contribution in [0.3, 0.4) is 0 Å². The lowest BCUT2D eigenvalue weighted by atomic mass is 10.1. The molecule has 0 spiro atoms. The van der Waals surface area contributed by atoms with Gasteiger partial charge in [0, 0.05) is 29.4 Å². The number of esters is 1. The number of hydrogen-bond acceptors (Lipinski definition) is 4. The molecule has 1 aliphatic rings. The first-order valence-electron chi connectivity index (χ1n) is 9.87. The molecule has 0 saturated carbocycles. The second-order valence-corrected chi connectivity index (χ2v) is 8.48. The fourth-order valence-corrected chi connectivity index (χ4v) is 4.08. The predicted molar refractivity (Wildman–Crippen MR) is 112 cm³/mol. The summed E-state index contributed by atoms with van der Waals surface area (Å²) in [5.74, 6) is -0.356. The third kappa shape index (κ3) is 3.55. The molecule has 1 saturated heterocycles. The standard InChI is InChI=1S/C23H26N2O4/c1-23(2,3)29-22(27)24-12-11-16(14-24)25-19-8-6-5-7-17(19)18-10-9-15(13-20(18)25)21(26)28-4/h5-10,13,16H,11-12,14H2,1-4H3/t16-/m1/s1. The highest BCUT2D eigenvalue weighted by Crippen LogP contribution is 2.36. The summed E-state index contributed by atoms with van der Waals surface area (Å²) in [4.78, 5) is 26.4. The number of hydrogen-bond donors (Lipinski definition) is 0. The molecule has 1 aromatic heterocycles. The van der Waals surface area contributed by atoms with E-state index < -0.39 is 5.60 Å². The number of ether oxygens (including phenoxy) is 2. The van der Waals surface area contributed by atoms with Crippen molar-refractivity contribution in [2.75, 3.05) is 20.2 Å². The van der Waals surface area contributed by atoms with Gasteiger partial charge in [-0.1, -0.05) is 24.3 Å². The normalized spacial score (nSPS) is 17.1. The van der Waals surface area contributed by atoms with E-state index in [2.05, 4.69) is 16.7 Å². The van der Waals surface area contributed by atoms with E-state index in [0.29, 0.717) is 18.7 Å². The Balaban J connectivity index is 1.76. The van der Waals surface area contributed by atoms with Gasteiger partial charge in [-0.25, -0.2) is 9.59 Å². The third-order valence-corrected chi connectivity index (χ3v) is 5.31. The highest BCUT2D eigenvalue weighted by atomic mass is 16.6. The molecule has 0 aliphatic carbocycles. The van der Waals surface area contributed by atoms with Crippen molar-refractivity contribution >= 4 is 33.9 Å². The number of benzene rings is 2. The maximum atomic E-state index is 12.5. The van der Waals surface area contributed by atoms with E-state index in [9.17, 15) is 9.59 Å². The van der Waals surface area contributed by atoms with Crippen molar-refractivity contribution in [3.8, 4) is 0 Å². The molecule has 1 fully saturated rings. The minimum Gasteiger partial charge on any atom is -0.465 e. The monoisotopic (exact) mass is 394 g/mol. The zero-order valence-electron chi connectivity index (χ0n) is 17.3. The van der Waals surface area contributed by atoms with Crippen LogP contribution in [0.5, 0.6) is 0 Å². The van der Waals surface area contributed by atoms with Crippen molar-refractivity contribution < 1.29 is 19.1 Å². The van der Waals surface area contributed by atoms with Crippen LogP contribution < -0.4 is 0 Å². The molecule has 3 aromatic rings. The molecular formula is C23H26N2O4. The Morgan fingerprint density at radius 2 is 1.76 bits per heavy atom. The Hall–Kier alpha value is -3.02. The smallest absolute Gasteiger partial charge is 0.410 e. The number of fused-ring (bicyclic) bond motifs is 3. The summed E-state index contributed by atoms with van der Waals surface area (Å²) in [6.45, 7) is 6.84. The fourth-order valence-electron chi connectivity index (χ4n) is 4.08. The van der Waals surface area contributed by atoms with Gasteiger partial charge in [-0.15, -0.1) is 0 Å². The summed E-state index contributed by atoms with van der Waals surface area (Å²) in [5.41, 5.74) is 2.08. The van der Waals surface area contributed by atoms with E-state index in [0.717, 1.165) is 28.2 Å². The fraction of sp³-hybridized carbons (Fsp3) is 0.391. The summed E-state index contributed by atoms with van der Waals surface area (Å²) < 4.78 is 12.7. The summed E-state index contributed by atoms with van der Waals surface area (Å²) in [7, 11) is 1.39. The van der Waals surface area contributed by atoms with Crippen LogP contribution in [-0.2, 0) is 9.47 Å². The number of para-hydroxylation sites is 1. The van der Waals surface area contributed by atoms with Gasteiger partial charge in [0.25, 0.3) is 0 Å². The van der Waals surface area contributed by atoms with Crippen molar-refractivity contribution in [1.82, 2.24) is 9.47 Å². The summed E-state index contributed by atoms with van der Waals surface area (Å²) in [6, 6.07) is 14.0. The Kier molecular flexibility index (Phi) is 4.73. The molecular weight excluding hydrogens is 368 g/mol. The van der Waals surface area contributed by atoms with Crippen molar-refractivity contribution in [2.24, 2.45) is 0 Å². The summed E-state index contributed by atoms with van der Waals surface area (Å²) in [5, 5.41) is 2.22. The SMILES string of the molecule is COC(=O)c1ccc2c3ccccc3n([C@@H]3CCN(C(=O)OC(C)(C)C)C3)c2c1. The van der Waals surface area contributed by atoms with Crippen molar-refractivity contribution in [2.45, 2.75) is 38.8 Å². The lowest BCUT2D eigenvalue weighted by molar-refractivity contribution is 0.0289. The topological polar surface area (TPSA) is 60.8 Å². The minimum absolute atomic E-state index is 0.109. The molecule has 0 bridgehead atoms. The number of carbonyl (C=O) groups excluding carboxylic acids is 2. The van der Waals surface area contributed by atoms with Gasteiger partial charge in [0.2, 0.25) is 0 Å².